The molecule has 1 fully saturated rings. The van der Waals surface area contributed by atoms with Gasteiger partial charge >= 0.3 is 0 Å². The third-order valence-corrected chi connectivity index (χ3v) is 8.67. The van der Waals surface area contributed by atoms with Crippen LogP contribution in [0.15, 0.2) is 24.3 Å². The van der Waals surface area contributed by atoms with Crippen molar-refractivity contribution in [1.29, 1.82) is 0 Å². The lowest BCUT2D eigenvalue weighted by Gasteiger charge is -2.43. The molecule has 0 saturated carbocycles. The number of piperidine rings is 1. The summed E-state index contributed by atoms with van der Waals surface area (Å²) in [6.45, 7) is 13.2. The number of nitrogens with zero attached hydrogens (tertiary/aromatic N) is 1. The maximum absolute atomic E-state index is 12.2. The topological polar surface area (TPSA) is 38.8 Å². The highest BCUT2D eigenvalue weighted by Gasteiger charge is 2.39. The van der Waals surface area contributed by atoms with Crippen LogP contribution in [0.25, 0.3) is 0 Å². The summed E-state index contributed by atoms with van der Waals surface area (Å²) in [4.78, 5) is 14.2. The summed E-state index contributed by atoms with van der Waals surface area (Å²) in [7, 11) is 0. The van der Waals surface area contributed by atoms with Crippen LogP contribution < -0.4 is 9.47 Å². The molecule has 1 aliphatic rings. The first-order valence-corrected chi connectivity index (χ1v) is 15.7. The van der Waals surface area contributed by atoms with Gasteiger partial charge in [0.25, 0.3) is 0 Å². The molecule has 1 heterocycles. The second-order valence-electron chi connectivity index (χ2n) is 11.2. The Morgan fingerprint density at radius 3 is 1.44 bits per heavy atom. The number of likely N-dealkylation sites (tertiary alicyclic amines) is 1. The molecular formula is C33H47Cl2NO3. The van der Waals surface area contributed by atoms with Crippen LogP contribution in [-0.4, -0.2) is 48.9 Å². The van der Waals surface area contributed by atoms with Crippen molar-refractivity contribution in [2.75, 3.05) is 38.1 Å². The summed E-state index contributed by atoms with van der Waals surface area (Å²) in [5.41, 5.74) is 7.12. The highest BCUT2D eigenvalue weighted by Crippen LogP contribution is 2.45. The Kier molecular flexibility index (Phi) is 12.3. The minimum Gasteiger partial charge on any atom is -0.493 e. The summed E-state index contributed by atoms with van der Waals surface area (Å²) in [5.74, 6) is 3.55. The van der Waals surface area contributed by atoms with E-state index in [4.69, 9.17) is 32.7 Å². The lowest BCUT2D eigenvalue weighted by atomic mass is 9.67. The zero-order chi connectivity index (χ0) is 28.4. The van der Waals surface area contributed by atoms with Crippen LogP contribution in [0.2, 0.25) is 0 Å². The van der Waals surface area contributed by atoms with Crippen molar-refractivity contribution >= 4 is 29.1 Å². The van der Waals surface area contributed by atoms with Gasteiger partial charge in [-0.25, -0.2) is 0 Å². The fraction of sp³-hybridized carbons (Fsp3) is 0.606. The van der Waals surface area contributed by atoms with Crippen LogP contribution in [0, 0.1) is 27.7 Å². The molecule has 1 saturated heterocycles. The molecule has 0 spiro atoms. The lowest BCUT2D eigenvalue weighted by molar-refractivity contribution is -0.130. The third-order valence-electron chi connectivity index (χ3n) is 8.14. The van der Waals surface area contributed by atoms with Crippen molar-refractivity contribution in [2.24, 2.45) is 0 Å². The molecule has 216 valence electrons. The minimum absolute atomic E-state index is 0.152. The van der Waals surface area contributed by atoms with E-state index in [0.717, 1.165) is 76.0 Å². The van der Waals surface area contributed by atoms with Crippen LogP contribution in [0.5, 0.6) is 11.5 Å². The van der Waals surface area contributed by atoms with Crippen LogP contribution in [0.1, 0.15) is 91.7 Å². The van der Waals surface area contributed by atoms with Crippen molar-refractivity contribution in [3.8, 4) is 11.5 Å². The number of hydrogen-bond donors (Lipinski definition) is 0. The highest BCUT2D eigenvalue weighted by atomic mass is 35.5. The fourth-order valence-electron chi connectivity index (χ4n) is 5.95. The number of ether oxygens (including phenoxy) is 2. The molecule has 4 nitrogen and oxygen atoms in total. The Balaban J connectivity index is 1.93. The molecule has 39 heavy (non-hydrogen) atoms. The number of amides is 1. The minimum atomic E-state index is -0.172. The van der Waals surface area contributed by atoms with Crippen LogP contribution in [-0.2, 0) is 10.2 Å². The molecule has 0 bridgehead atoms. The van der Waals surface area contributed by atoms with Gasteiger partial charge in [-0.1, -0.05) is 24.3 Å². The van der Waals surface area contributed by atoms with Crippen LogP contribution in [0.3, 0.4) is 0 Å². The van der Waals surface area contributed by atoms with Crippen molar-refractivity contribution in [3.05, 3.63) is 57.6 Å². The smallest absolute Gasteiger partial charge is 0.219 e. The Hall–Kier alpha value is -1.91. The Morgan fingerprint density at radius 1 is 0.718 bits per heavy atom. The molecule has 0 aromatic heterocycles. The number of alkyl halides is 2. The zero-order valence-electron chi connectivity index (χ0n) is 24.6. The van der Waals surface area contributed by atoms with Gasteiger partial charge in [0, 0.05) is 37.2 Å². The highest BCUT2D eigenvalue weighted by molar-refractivity contribution is 6.18. The Morgan fingerprint density at radius 2 is 1.10 bits per heavy atom. The number of rotatable bonds is 14. The van der Waals surface area contributed by atoms with E-state index >= 15 is 0 Å². The van der Waals surface area contributed by atoms with E-state index in [9.17, 15) is 4.79 Å². The Bertz CT molecular complexity index is 975. The quantitative estimate of drug-likeness (QED) is 0.167. The van der Waals surface area contributed by atoms with Crippen molar-refractivity contribution in [3.63, 3.8) is 0 Å². The van der Waals surface area contributed by atoms with Gasteiger partial charge in [0.2, 0.25) is 5.91 Å². The summed E-state index contributed by atoms with van der Waals surface area (Å²) in [6.07, 6.45) is 8.03. The SMILES string of the molecule is CC(=O)N1CCC(c2cc(C)c(OCCCCCCl)c(C)c2)(c2cc(C)c(OCCCCCCl)c(C)c2)CC1. The first-order chi connectivity index (χ1) is 18.7. The summed E-state index contributed by atoms with van der Waals surface area (Å²) in [5, 5.41) is 0. The Labute approximate surface area is 246 Å². The molecular weight excluding hydrogens is 529 g/mol. The normalized spacial score (nSPS) is 14.9. The first kappa shape index (κ1) is 31.6. The van der Waals surface area contributed by atoms with E-state index in [1.54, 1.807) is 6.92 Å². The van der Waals surface area contributed by atoms with E-state index < -0.39 is 0 Å². The van der Waals surface area contributed by atoms with Crippen LogP contribution in [0.4, 0.5) is 0 Å². The van der Waals surface area contributed by atoms with Gasteiger partial charge in [0.05, 0.1) is 13.2 Å². The number of hydrogen-bond acceptors (Lipinski definition) is 3. The number of aryl methyl sites for hydroxylation is 4. The first-order valence-electron chi connectivity index (χ1n) is 14.6. The maximum Gasteiger partial charge on any atom is 0.219 e. The molecule has 0 N–H and O–H groups in total. The molecule has 0 unspecified atom stereocenters. The van der Waals surface area contributed by atoms with E-state index in [1.165, 1.54) is 33.4 Å². The van der Waals surface area contributed by atoms with Gasteiger partial charge in [-0.3, -0.25) is 4.79 Å². The molecule has 3 rings (SSSR count). The average Bonchev–Trinajstić information content (AvgIpc) is 2.90. The van der Waals surface area contributed by atoms with E-state index in [1.807, 2.05) is 4.90 Å². The number of unbranched alkanes of at least 4 members (excludes halogenated alkanes) is 4. The molecule has 0 aliphatic carbocycles. The molecule has 0 atom stereocenters. The van der Waals surface area contributed by atoms with E-state index in [0.29, 0.717) is 25.0 Å². The second-order valence-corrected chi connectivity index (χ2v) is 11.9. The molecule has 1 amide bonds. The third kappa shape index (κ3) is 8.07. The van der Waals surface area contributed by atoms with E-state index in [-0.39, 0.29) is 11.3 Å². The maximum atomic E-state index is 12.2. The zero-order valence-corrected chi connectivity index (χ0v) is 26.1. The number of carbonyl (C=O) groups is 1. The molecule has 0 radical (unpaired) electrons. The monoisotopic (exact) mass is 575 g/mol. The van der Waals surface area contributed by atoms with Gasteiger partial charge in [0.1, 0.15) is 11.5 Å². The predicted octanol–water partition coefficient (Wildman–Crippen LogP) is 8.42. The van der Waals surface area contributed by atoms with E-state index in [2.05, 4.69) is 52.0 Å². The number of halogens is 2. The molecule has 1 aliphatic heterocycles. The largest absolute Gasteiger partial charge is 0.493 e. The van der Waals surface area contributed by atoms with Gasteiger partial charge in [-0.15, -0.1) is 23.2 Å². The van der Waals surface area contributed by atoms with Gasteiger partial charge in [0.15, 0.2) is 0 Å². The lowest BCUT2D eigenvalue weighted by Crippen LogP contribution is -2.45. The standard InChI is InChI=1S/C33H47Cl2NO3/c1-24-20-29(21-25(2)31(24)38-18-10-6-8-14-34)33(12-16-36(17-13-33)28(5)37)30-22-26(3)32(27(4)23-30)39-19-11-7-9-15-35/h20-23H,6-19H2,1-5H3. The second kappa shape index (κ2) is 15.2. The number of carbonyl (C=O) groups excluding carboxylic acids is 1. The summed E-state index contributed by atoms with van der Waals surface area (Å²) < 4.78 is 12.5. The van der Waals surface area contributed by atoms with Crippen LogP contribution >= 0.6 is 23.2 Å². The summed E-state index contributed by atoms with van der Waals surface area (Å²) in [6, 6.07) is 9.26. The fourth-order valence-corrected chi connectivity index (χ4v) is 6.33. The van der Waals surface area contributed by atoms with Crippen molar-refractivity contribution in [2.45, 2.75) is 91.4 Å². The molecule has 2 aromatic rings. The number of benzene rings is 2. The molecule has 2 aromatic carbocycles. The summed E-state index contributed by atoms with van der Waals surface area (Å²) >= 11 is 11.6. The van der Waals surface area contributed by atoms with Crippen molar-refractivity contribution in [1.82, 2.24) is 4.90 Å². The molecule has 6 heteroatoms. The van der Waals surface area contributed by atoms with Gasteiger partial charge < -0.3 is 14.4 Å². The van der Waals surface area contributed by atoms with Gasteiger partial charge in [-0.2, -0.15) is 0 Å². The van der Waals surface area contributed by atoms with Gasteiger partial charge in [-0.05, 0) is 112 Å². The predicted molar refractivity (Wildman–Crippen MR) is 164 cm³/mol. The van der Waals surface area contributed by atoms with Crippen molar-refractivity contribution < 1.29 is 14.3 Å². The average molecular weight is 577 g/mol.